The second-order valence-electron chi connectivity index (χ2n) is 5.38. The molecule has 1 aromatic heterocycles. The number of nitrogens with one attached hydrogen (secondary N) is 1. The van der Waals surface area contributed by atoms with E-state index in [1.807, 2.05) is 12.1 Å². The monoisotopic (exact) mass is 341 g/mol. The second kappa shape index (κ2) is 7.57. The minimum atomic E-state index is -0.354. The number of carbonyl (C=O) groups excluding carboxylic acids is 1. The first-order valence-electron chi connectivity index (χ1n) is 7.64. The average Bonchev–Trinajstić information content (AvgIpc) is 3.01. The first-order chi connectivity index (χ1) is 12.1. The van der Waals surface area contributed by atoms with Crippen LogP contribution in [0, 0.1) is 12.7 Å². The van der Waals surface area contributed by atoms with Gasteiger partial charge in [-0.3, -0.25) is 4.79 Å². The smallest absolute Gasteiger partial charge is 0.262 e. The molecule has 0 radical (unpaired) electrons. The first-order valence-corrected chi connectivity index (χ1v) is 7.64. The molecular formula is C18H16FN3O3. The number of aryl methyl sites for hydroxylation is 1. The van der Waals surface area contributed by atoms with Gasteiger partial charge in [-0.05, 0) is 42.0 Å². The van der Waals surface area contributed by atoms with E-state index in [-0.39, 0.29) is 18.3 Å². The number of hydrogen-bond donors (Lipinski definition) is 1. The maximum absolute atomic E-state index is 12.8. The van der Waals surface area contributed by atoms with Gasteiger partial charge in [0.15, 0.2) is 6.61 Å². The molecule has 1 N–H and O–H groups in total. The summed E-state index contributed by atoms with van der Waals surface area (Å²) >= 11 is 0. The Labute approximate surface area is 143 Å². The molecule has 0 spiro atoms. The van der Waals surface area contributed by atoms with Gasteiger partial charge in [-0.2, -0.15) is 0 Å². The fraction of sp³-hybridized carbons (Fsp3) is 0.167. The Morgan fingerprint density at radius 1 is 1.12 bits per heavy atom. The topological polar surface area (TPSA) is 77.2 Å². The molecule has 6 nitrogen and oxygen atoms in total. The van der Waals surface area contributed by atoms with Crippen molar-refractivity contribution in [3.05, 3.63) is 71.7 Å². The Kier molecular flexibility index (Phi) is 5.03. The van der Waals surface area contributed by atoms with Crippen LogP contribution < -0.4 is 10.1 Å². The van der Waals surface area contributed by atoms with Gasteiger partial charge < -0.3 is 14.5 Å². The SMILES string of the molecule is Cc1nnc(Cc2ccc(NC(=O)COc3ccc(F)cc3)cc2)o1. The highest BCUT2D eigenvalue weighted by Gasteiger charge is 2.06. The van der Waals surface area contributed by atoms with Crippen molar-refractivity contribution in [3.63, 3.8) is 0 Å². The quantitative estimate of drug-likeness (QED) is 0.745. The molecule has 3 aromatic rings. The van der Waals surface area contributed by atoms with Crippen molar-refractivity contribution in [1.29, 1.82) is 0 Å². The number of benzene rings is 2. The van der Waals surface area contributed by atoms with Gasteiger partial charge >= 0.3 is 0 Å². The van der Waals surface area contributed by atoms with Crippen molar-refractivity contribution in [1.82, 2.24) is 10.2 Å². The Hall–Kier alpha value is -3.22. The highest BCUT2D eigenvalue weighted by Crippen LogP contribution is 2.14. The van der Waals surface area contributed by atoms with E-state index in [0.29, 0.717) is 29.6 Å². The highest BCUT2D eigenvalue weighted by molar-refractivity contribution is 5.91. The number of hydrogen-bond acceptors (Lipinski definition) is 5. The van der Waals surface area contributed by atoms with E-state index in [4.69, 9.17) is 9.15 Å². The number of anilines is 1. The fourth-order valence-electron chi connectivity index (χ4n) is 2.17. The van der Waals surface area contributed by atoms with Crippen LogP contribution in [0.1, 0.15) is 17.3 Å². The molecule has 1 amide bonds. The van der Waals surface area contributed by atoms with Gasteiger partial charge in [0.25, 0.3) is 5.91 Å². The zero-order chi connectivity index (χ0) is 17.6. The Morgan fingerprint density at radius 3 is 2.48 bits per heavy atom. The van der Waals surface area contributed by atoms with Crippen LogP contribution in [-0.2, 0) is 11.2 Å². The molecule has 128 valence electrons. The minimum absolute atomic E-state index is 0.158. The molecular weight excluding hydrogens is 325 g/mol. The van der Waals surface area contributed by atoms with Gasteiger partial charge in [0, 0.05) is 12.6 Å². The van der Waals surface area contributed by atoms with Crippen molar-refractivity contribution in [2.24, 2.45) is 0 Å². The lowest BCUT2D eigenvalue weighted by Gasteiger charge is -2.08. The summed E-state index contributed by atoms with van der Waals surface area (Å²) in [6, 6.07) is 12.8. The lowest BCUT2D eigenvalue weighted by atomic mass is 10.1. The fourth-order valence-corrected chi connectivity index (χ4v) is 2.17. The normalized spacial score (nSPS) is 10.5. The van der Waals surface area contributed by atoms with E-state index >= 15 is 0 Å². The molecule has 2 aromatic carbocycles. The van der Waals surface area contributed by atoms with Crippen LogP contribution in [0.5, 0.6) is 5.75 Å². The molecule has 0 atom stereocenters. The predicted octanol–water partition coefficient (Wildman–Crippen LogP) is 3.13. The number of ether oxygens (including phenoxy) is 1. The van der Waals surface area contributed by atoms with Crippen molar-refractivity contribution >= 4 is 11.6 Å². The van der Waals surface area contributed by atoms with Crippen LogP contribution in [0.15, 0.2) is 52.9 Å². The first kappa shape index (κ1) is 16.6. The molecule has 0 saturated heterocycles. The van der Waals surface area contributed by atoms with Gasteiger partial charge in [-0.1, -0.05) is 12.1 Å². The van der Waals surface area contributed by atoms with E-state index in [0.717, 1.165) is 5.56 Å². The number of amides is 1. The Morgan fingerprint density at radius 2 is 1.84 bits per heavy atom. The van der Waals surface area contributed by atoms with E-state index in [2.05, 4.69) is 15.5 Å². The van der Waals surface area contributed by atoms with Crippen LogP contribution in [0.25, 0.3) is 0 Å². The molecule has 3 rings (SSSR count). The minimum Gasteiger partial charge on any atom is -0.484 e. The molecule has 0 aliphatic carbocycles. The van der Waals surface area contributed by atoms with Gasteiger partial charge in [-0.25, -0.2) is 4.39 Å². The largest absolute Gasteiger partial charge is 0.484 e. The standard InChI is InChI=1S/C18H16FN3O3/c1-12-21-22-18(25-12)10-13-2-6-15(7-3-13)20-17(23)11-24-16-8-4-14(19)5-9-16/h2-9H,10-11H2,1H3,(H,20,23). The second-order valence-corrected chi connectivity index (χ2v) is 5.38. The lowest BCUT2D eigenvalue weighted by Crippen LogP contribution is -2.20. The lowest BCUT2D eigenvalue weighted by molar-refractivity contribution is -0.118. The molecule has 7 heteroatoms. The summed E-state index contributed by atoms with van der Waals surface area (Å²) in [5, 5.41) is 10.5. The third-order valence-electron chi connectivity index (χ3n) is 3.34. The van der Waals surface area contributed by atoms with Crippen LogP contribution in [0.4, 0.5) is 10.1 Å². The average molecular weight is 341 g/mol. The Balaban J connectivity index is 1.50. The zero-order valence-electron chi connectivity index (χ0n) is 13.5. The molecule has 0 aliphatic heterocycles. The third kappa shape index (κ3) is 4.87. The molecule has 0 saturated carbocycles. The highest BCUT2D eigenvalue weighted by atomic mass is 19.1. The van der Waals surface area contributed by atoms with E-state index in [1.165, 1.54) is 24.3 Å². The number of carbonyl (C=O) groups is 1. The van der Waals surface area contributed by atoms with E-state index < -0.39 is 0 Å². The van der Waals surface area contributed by atoms with Gasteiger partial charge in [0.05, 0.1) is 6.42 Å². The number of nitrogens with zero attached hydrogens (tertiary/aromatic N) is 2. The summed E-state index contributed by atoms with van der Waals surface area (Å²) in [6.45, 7) is 1.58. The van der Waals surface area contributed by atoms with Crippen LogP contribution in [0.2, 0.25) is 0 Å². The van der Waals surface area contributed by atoms with Crippen molar-refractivity contribution in [2.75, 3.05) is 11.9 Å². The molecule has 0 aliphatic rings. The van der Waals surface area contributed by atoms with Crippen LogP contribution in [0.3, 0.4) is 0 Å². The van der Waals surface area contributed by atoms with Crippen molar-refractivity contribution < 1.29 is 18.3 Å². The summed E-state index contributed by atoms with van der Waals surface area (Å²) in [7, 11) is 0. The molecule has 25 heavy (non-hydrogen) atoms. The maximum Gasteiger partial charge on any atom is 0.262 e. The maximum atomic E-state index is 12.8. The van der Waals surface area contributed by atoms with Gasteiger partial charge in [0.1, 0.15) is 11.6 Å². The van der Waals surface area contributed by atoms with Crippen LogP contribution >= 0.6 is 0 Å². The number of aromatic nitrogens is 2. The molecule has 0 bridgehead atoms. The third-order valence-corrected chi connectivity index (χ3v) is 3.34. The zero-order valence-corrected chi connectivity index (χ0v) is 13.5. The van der Waals surface area contributed by atoms with Gasteiger partial charge in [0.2, 0.25) is 11.8 Å². The molecule has 0 fully saturated rings. The summed E-state index contributed by atoms with van der Waals surface area (Å²) in [5.41, 5.74) is 1.64. The summed E-state index contributed by atoms with van der Waals surface area (Å²) in [5.74, 6) is 0.848. The van der Waals surface area contributed by atoms with Crippen LogP contribution in [-0.4, -0.2) is 22.7 Å². The number of halogens is 1. The van der Waals surface area contributed by atoms with E-state index in [9.17, 15) is 9.18 Å². The van der Waals surface area contributed by atoms with Gasteiger partial charge in [-0.15, -0.1) is 10.2 Å². The molecule has 1 heterocycles. The van der Waals surface area contributed by atoms with Crippen molar-refractivity contribution in [2.45, 2.75) is 13.3 Å². The predicted molar refractivity (Wildman–Crippen MR) is 88.8 cm³/mol. The number of rotatable bonds is 6. The summed E-state index contributed by atoms with van der Waals surface area (Å²) in [4.78, 5) is 11.9. The molecule has 0 unspecified atom stereocenters. The Bertz CT molecular complexity index is 845. The summed E-state index contributed by atoms with van der Waals surface area (Å²) < 4.78 is 23.4. The van der Waals surface area contributed by atoms with E-state index in [1.54, 1.807) is 19.1 Å². The van der Waals surface area contributed by atoms with Crippen molar-refractivity contribution in [3.8, 4) is 5.75 Å². The summed E-state index contributed by atoms with van der Waals surface area (Å²) in [6.07, 6.45) is 0.531.